The molecule has 0 aliphatic carbocycles. The van der Waals surface area contributed by atoms with Gasteiger partial charge in [0.2, 0.25) is 0 Å². The van der Waals surface area contributed by atoms with E-state index < -0.39 is 6.10 Å². The quantitative estimate of drug-likeness (QED) is 0.309. The predicted molar refractivity (Wildman–Crippen MR) is 74.6 cm³/mol. The Morgan fingerprint density at radius 1 is 1.20 bits per heavy atom. The van der Waals surface area contributed by atoms with Crippen LogP contribution in [-0.2, 0) is 9.47 Å². The molecule has 0 spiro atoms. The zero-order valence-corrected chi connectivity index (χ0v) is 11.8. The third kappa shape index (κ3) is 6.01. The molecule has 0 aliphatic heterocycles. The topological polar surface area (TPSA) is 80.5 Å². The van der Waals surface area contributed by atoms with Crippen LogP contribution in [0.4, 0.5) is 0 Å². The minimum atomic E-state index is -0.688. The van der Waals surface area contributed by atoms with Crippen molar-refractivity contribution in [2.24, 2.45) is 5.16 Å². The van der Waals surface area contributed by atoms with E-state index in [0.29, 0.717) is 24.7 Å². The summed E-state index contributed by atoms with van der Waals surface area (Å²) >= 11 is 0. The Kier molecular flexibility index (Phi) is 7.64. The number of rotatable bonds is 9. The molecule has 0 saturated heterocycles. The van der Waals surface area contributed by atoms with Gasteiger partial charge in [0.15, 0.2) is 0 Å². The lowest BCUT2D eigenvalue weighted by Gasteiger charge is -2.13. The minimum absolute atomic E-state index is 0.152. The average molecular weight is 283 g/mol. The average Bonchev–Trinajstić information content (AvgIpc) is 2.49. The van der Waals surface area contributed by atoms with E-state index in [1.807, 2.05) is 0 Å². The van der Waals surface area contributed by atoms with Gasteiger partial charge in [-0.25, -0.2) is 0 Å². The molecule has 2 N–H and O–H groups in total. The first-order valence-electron chi connectivity index (χ1n) is 6.34. The number of aliphatic hydroxyl groups is 1. The lowest BCUT2D eigenvalue weighted by Crippen LogP contribution is -2.24. The van der Waals surface area contributed by atoms with Crippen LogP contribution in [0.1, 0.15) is 12.5 Å². The van der Waals surface area contributed by atoms with Gasteiger partial charge in [0.1, 0.15) is 18.5 Å². The van der Waals surface area contributed by atoms with E-state index in [0.717, 1.165) is 5.56 Å². The zero-order chi connectivity index (χ0) is 14.8. The maximum absolute atomic E-state index is 9.65. The molecule has 0 bridgehead atoms. The maximum atomic E-state index is 9.65. The number of ether oxygens (including phenoxy) is 3. The molecule has 0 fully saturated rings. The Balaban J connectivity index is 2.31. The van der Waals surface area contributed by atoms with Gasteiger partial charge >= 0.3 is 0 Å². The molecule has 6 heteroatoms. The minimum Gasteiger partial charge on any atom is -0.491 e. The number of benzene rings is 1. The van der Waals surface area contributed by atoms with E-state index in [-0.39, 0.29) is 13.2 Å². The molecule has 0 amide bonds. The number of hydrogen-bond donors (Lipinski definition) is 2. The van der Waals surface area contributed by atoms with E-state index in [1.54, 1.807) is 38.3 Å². The molecule has 6 nitrogen and oxygen atoms in total. The molecule has 0 heterocycles. The third-order valence-corrected chi connectivity index (χ3v) is 2.61. The summed E-state index contributed by atoms with van der Waals surface area (Å²) in [6.45, 7) is 3.01. The molecule has 20 heavy (non-hydrogen) atoms. The number of aliphatic hydroxyl groups excluding tert-OH is 1. The smallest absolute Gasteiger partial charge is 0.119 e. The van der Waals surface area contributed by atoms with Crippen LogP contribution in [-0.4, -0.2) is 55.7 Å². The molecule has 0 aliphatic rings. The van der Waals surface area contributed by atoms with Gasteiger partial charge in [0.05, 0.1) is 25.5 Å². The van der Waals surface area contributed by atoms with E-state index in [4.69, 9.17) is 19.4 Å². The fraction of sp³-hybridized carbons (Fsp3) is 0.500. The first-order valence-corrected chi connectivity index (χ1v) is 6.34. The fourth-order valence-electron chi connectivity index (χ4n) is 1.45. The molecule has 1 aromatic carbocycles. The molecule has 0 aromatic heterocycles. The highest BCUT2D eigenvalue weighted by Gasteiger charge is 2.06. The molecular formula is C14H21NO5. The van der Waals surface area contributed by atoms with E-state index in [2.05, 4.69) is 5.16 Å². The molecule has 0 saturated carbocycles. The van der Waals surface area contributed by atoms with Crippen molar-refractivity contribution in [3.05, 3.63) is 29.8 Å². The Morgan fingerprint density at radius 3 is 2.50 bits per heavy atom. The first-order chi connectivity index (χ1) is 9.67. The summed E-state index contributed by atoms with van der Waals surface area (Å²) < 4.78 is 15.4. The Labute approximate surface area is 118 Å². The summed E-state index contributed by atoms with van der Waals surface area (Å²) in [7, 11) is 1.59. The molecule has 1 rings (SSSR count). The van der Waals surface area contributed by atoms with Gasteiger partial charge in [-0.3, -0.25) is 0 Å². The summed E-state index contributed by atoms with van der Waals surface area (Å²) in [4.78, 5) is 0. The van der Waals surface area contributed by atoms with E-state index in [1.165, 1.54) is 0 Å². The van der Waals surface area contributed by atoms with E-state index in [9.17, 15) is 5.11 Å². The number of hydrogen-bond acceptors (Lipinski definition) is 6. The van der Waals surface area contributed by atoms with Gasteiger partial charge in [-0.05, 0) is 36.8 Å². The lowest BCUT2D eigenvalue weighted by molar-refractivity contribution is -0.00419. The second-order valence-electron chi connectivity index (χ2n) is 4.24. The van der Waals surface area contributed by atoms with Crippen LogP contribution in [0.2, 0.25) is 0 Å². The van der Waals surface area contributed by atoms with Crippen molar-refractivity contribution in [2.75, 3.05) is 33.5 Å². The number of oxime groups is 1. The van der Waals surface area contributed by atoms with Crippen LogP contribution in [0.3, 0.4) is 0 Å². The summed E-state index contributed by atoms with van der Waals surface area (Å²) in [5.74, 6) is 0.635. The maximum Gasteiger partial charge on any atom is 0.119 e. The second kappa shape index (κ2) is 9.30. The van der Waals surface area contributed by atoms with Gasteiger partial charge < -0.3 is 24.5 Å². The number of methoxy groups -OCH3 is 1. The second-order valence-corrected chi connectivity index (χ2v) is 4.24. The fourth-order valence-corrected chi connectivity index (χ4v) is 1.45. The first kappa shape index (κ1) is 16.4. The van der Waals surface area contributed by atoms with Crippen LogP contribution in [0.5, 0.6) is 5.75 Å². The highest BCUT2D eigenvalue weighted by atomic mass is 16.5. The number of nitrogens with zero attached hydrogens (tertiary/aromatic N) is 1. The van der Waals surface area contributed by atoms with Crippen LogP contribution in [0.25, 0.3) is 0 Å². The van der Waals surface area contributed by atoms with Crippen molar-refractivity contribution in [1.29, 1.82) is 0 Å². The van der Waals surface area contributed by atoms with Crippen LogP contribution in [0.15, 0.2) is 29.4 Å². The molecule has 1 atom stereocenters. The van der Waals surface area contributed by atoms with Crippen LogP contribution < -0.4 is 4.74 Å². The van der Waals surface area contributed by atoms with Crippen molar-refractivity contribution in [3.63, 3.8) is 0 Å². The summed E-state index contributed by atoms with van der Waals surface area (Å²) in [5, 5.41) is 21.4. The Morgan fingerprint density at radius 2 is 1.90 bits per heavy atom. The monoisotopic (exact) mass is 283 g/mol. The van der Waals surface area contributed by atoms with Crippen LogP contribution >= 0.6 is 0 Å². The zero-order valence-electron chi connectivity index (χ0n) is 11.8. The Hall–Kier alpha value is -1.63. The van der Waals surface area contributed by atoms with Crippen LogP contribution in [0, 0.1) is 0 Å². The van der Waals surface area contributed by atoms with Crippen molar-refractivity contribution in [3.8, 4) is 5.75 Å². The van der Waals surface area contributed by atoms with Gasteiger partial charge in [-0.2, -0.15) is 0 Å². The standard InChI is InChI=1S/C14H21NO5/c1-11(15-17)12-3-5-14(6-4-12)20-10-13(16)9-19-8-7-18-2/h3-6,13,16-17H,7-10H2,1-2H3/b15-11+. The summed E-state index contributed by atoms with van der Waals surface area (Å²) in [5.41, 5.74) is 1.34. The largest absolute Gasteiger partial charge is 0.491 e. The normalized spacial score (nSPS) is 13.2. The summed E-state index contributed by atoms with van der Waals surface area (Å²) in [6, 6.07) is 7.07. The van der Waals surface area contributed by atoms with Crippen molar-refractivity contribution in [2.45, 2.75) is 13.0 Å². The van der Waals surface area contributed by atoms with E-state index >= 15 is 0 Å². The molecule has 112 valence electrons. The van der Waals surface area contributed by atoms with Crippen molar-refractivity contribution in [1.82, 2.24) is 0 Å². The molecular weight excluding hydrogens is 262 g/mol. The highest BCUT2D eigenvalue weighted by molar-refractivity contribution is 5.98. The highest BCUT2D eigenvalue weighted by Crippen LogP contribution is 2.13. The molecule has 1 unspecified atom stereocenters. The van der Waals surface area contributed by atoms with Crippen molar-refractivity contribution < 1.29 is 24.5 Å². The van der Waals surface area contributed by atoms with Gasteiger partial charge in [0.25, 0.3) is 0 Å². The molecule has 0 radical (unpaired) electrons. The lowest BCUT2D eigenvalue weighted by atomic mass is 10.1. The Bertz CT molecular complexity index is 405. The summed E-state index contributed by atoms with van der Waals surface area (Å²) in [6.07, 6.45) is -0.688. The van der Waals surface area contributed by atoms with Gasteiger partial charge in [-0.1, -0.05) is 5.16 Å². The predicted octanol–water partition coefficient (Wildman–Crippen LogP) is 1.29. The van der Waals surface area contributed by atoms with Gasteiger partial charge in [0, 0.05) is 7.11 Å². The van der Waals surface area contributed by atoms with Gasteiger partial charge in [-0.15, -0.1) is 0 Å². The SMILES string of the molecule is COCCOCC(O)COc1ccc(/C(C)=N/O)cc1. The van der Waals surface area contributed by atoms with Crippen molar-refractivity contribution >= 4 is 5.71 Å². The molecule has 1 aromatic rings. The third-order valence-electron chi connectivity index (χ3n) is 2.61.